The Morgan fingerprint density at radius 1 is 0.950 bits per heavy atom. The molecule has 0 aliphatic heterocycles. The average molecular weight is 258 g/mol. The van der Waals surface area contributed by atoms with E-state index in [9.17, 15) is 0 Å². The largest absolute Gasteiger partial charge is 0.0758 e. The summed E-state index contributed by atoms with van der Waals surface area (Å²) < 4.78 is 0. The lowest BCUT2D eigenvalue weighted by molar-refractivity contribution is 0.518. The summed E-state index contributed by atoms with van der Waals surface area (Å²) in [6.07, 6.45) is 9.09. The average Bonchev–Trinajstić information content (AvgIpc) is 2.47. The maximum absolute atomic E-state index is 2.37. The van der Waals surface area contributed by atoms with Gasteiger partial charge in [-0.3, -0.25) is 0 Å². The minimum Gasteiger partial charge on any atom is -0.0758 e. The molecular formula is C20H18. The van der Waals surface area contributed by atoms with Crippen LogP contribution in [-0.4, -0.2) is 0 Å². The molecule has 0 heterocycles. The van der Waals surface area contributed by atoms with Crippen LogP contribution in [-0.2, 0) is 5.41 Å². The van der Waals surface area contributed by atoms with Gasteiger partial charge >= 0.3 is 0 Å². The van der Waals surface area contributed by atoms with Crippen molar-refractivity contribution in [1.29, 1.82) is 0 Å². The third kappa shape index (κ3) is 1.42. The quantitative estimate of drug-likeness (QED) is 0.613. The van der Waals surface area contributed by atoms with Crippen LogP contribution >= 0.6 is 0 Å². The SMILES string of the molecule is Cc1ccc2c(c1)C1(C)C=CC=CC1c1ccccc1-2. The molecule has 2 aromatic carbocycles. The molecule has 4 rings (SSSR count). The van der Waals surface area contributed by atoms with Crippen LogP contribution in [0.5, 0.6) is 0 Å². The number of rotatable bonds is 0. The highest BCUT2D eigenvalue weighted by Gasteiger charge is 2.40. The summed E-state index contributed by atoms with van der Waals surface area (Å²) in [6.45, 7) is 4.55. The van der Waals surface area contributed by atoms with Crippen LogP contribution in [0.15, 0.2) is 66.8 Å². The van der Waals surface area contributed by atoms with Crippen LogP contribution in [0.4, 0.5) is 0 Å². The Bertz CT molecular complexity index is 748. The van der Waals surface area contributed by atoms with Crippen LogP contribution in [0.25, 0.3) is 11.1 Å². The highest BCUT2D eigenvalue weighted by molar-refractivity contribution is 5.78. The standard InChI is InChI=1S/C20H18/c1-14-10-11-17-15-7-3-4-8-16(15)18-9-5-6-12-20(18,2)19(17)13-14/h3-13,18H,1-2H3. The van der Waals surface area contributed by atoms with E-state index in [1.54, 1.807) is 0 Å². The summed E-state index contributed by atoms with van der Waals surface area (Å²) in [6, 6.07) is 15.7. The van der Waals surface area contributed by atoms with Gasteiger partial charge in [0.05, 0.1) is 0 Å². The topological polar surface area (TPSA) is 0 Å². The van der Waals surface area contributed by atoms with Crippen molar-refractivity contribution in [3.8, 4) is 11.1 Å². The van der Waals surface area contributed by atoms with Crippen LogP contribution < -0.4 is 0 Å². The molecule has 0 radical (unpaired) electrons. The van der Waals surface area contributed by atoms with Crippen LogP contribution in [0.2, 0.25) is 0 Å². The van der Waals surface area contributed by atoms with Gasteiger partial charge in [-0.2, -0.15) is 0 Å². The van der Waals surface area contributed by atoms with Crippen LogP contribution in [0.3, 0.4) is 0 Å². The van der Waals surface area contributed by atoms with E-state index in [0.29, 0.717) is 5.92 Å². The fourth-order valence-corrected chi connectivity index (χ4v) is 3.77. The highest BCUT2D eigenvalue weighted by atomic mass is 14.4. The molecule has 0 heteroatoms. The van der Waals surface area contributed by atoms with Gasteiger partial charge < -0.3 is 0 Å². The minimum atomic E-state index is 0.0739. The maximum Gasteiger partial charge on any atom is 0.0216 e. The number of fused-ring (bicyclic) bond motifs is 6. The Kier molecular flexibility index (Phi) is 2.32. The first-order valence-corrected chi connectivity index (χ1v) is 7.26. The van der Waals surface area contributed by atoms with Crippen molar-refractivity contribution in [2.75, 3.05) is 0 Å². The Balaban J connectivity index is 2.11. The number of hydrogen-bond acceptors (Lipinski definition) is 0. The predicted molar refractivity (Wildman–Crippen MR) is 85.0 cm³/mol. The summed E-state index contributed by atoms with van der Waals surface area (Å²) in [4.78, 5) is 0. The van der Waals surface area contributed by atoms with E-state index in [4.69, 9.17) is 0 Å². The second-order valence-corrected chi connectivity index (χ2v) is 6.14. The Hall–Kier alpha value is -2.08. The van der Waals surface area contributed by atoms with Crippen LogP contribution in [0, 0.1) is 6.92 Å². The van der Waals surface area contributed by atoms with Crippen molar-refractivity contribution < 1.29 is 0 Å². The number of allylic oxidation sites excluding steroid dienone is 4. The van der Waals surface area contributed by atoms with E-state index in [1.807, 2.05) is 0 Å². The summed E-state index contributed by atoms with van der Waals surface area (Å²) in [5, 5.41) is 0. The van der Waals surface area contributed by atoms with E-state index in [1.165, 1.54) is 27.8 Å². The van der Waals surface area contributed by atoms with Gasteiger partial charge in [-0.1, -0.05) is 79.3 Å². The molecule has 0 fully saturated rings. The van der Waals surface area contributed by atoms with Crippen molar-refractivity contribution in [3.63, 3.8) is 0 Å². The Morgan fingerprint density at radius 3 is 2.70 bits per heavy atom. The molecule has 2 unspecified atom stereocenters. The van der Waals surface area contributed by atoms with Gasteiger partial charge in [0, 0.05) is 11.3 Å². The molecule has 2 atom stereocenters. The summed E-state index contributed by atoms with van der Waals surface area (Å²) >= 11 is 0. The third-order valence-corrected chi connectivity index (χ3v) is 4.84. The molecule has 0 saturated carbocycles. The maximum atomic E-state index is 2.37. The molecule has 2 aromatic rings. The fraction of sp³-hybridized carbons (Fsp3) is 0.200. The van der Waals surface area contributed by atoms with Crippen molar-refractivity contribution in [3.05, 3.63) is 83.5 Å². The molecule has 0 N–H and O–H groups in total. The smallest absolute Gasteiger partial charge is 0.0216 e. The first kappa shape index (κ1) is 11.7. The number of hydrogen-bond donors (Lipinski definition) is 0. The molecule has 0 spiro atoms. The Labute approximate surface area is 120 Å². The summed E-state index contributed by atoms with van der Waals surface area (Å²) in [5.74, 6) is 0.443. The van der Waals surface area contributed by atoms with Gasteiger partial charge in [-0.05, 0) is 29.2 Å². The first-order valence-electron chi connectivity index (χ1n) is 7.26. The van der Waals surface area contributed by atoms with Crippen molar-refractivity contribution in [2.45, 2.75) is 25.2 Å². The zero-order valence-electron chi connectivity index (χ0n) is 11.9. The predicted octanol–water partition coefficient (Wildman–Crippen LogP) is 5.14. The lowest BCUT2D eigenvalue weighted by Crippen LogP contribution is -2.32. The van der Waals surface area contributed by atoms with Gasteiger partial charge in [0.15, 0.2) is 0 Å². The molecule has 2 aliphatic rings. The Morgan fingerprint density at radius 2 is 1.80 bits per heavy atom. The second-order valence-electron chi connectivity index (χ2n) is 6.14. The van der Waals surface area contributed by atoms with Crippen molar-refractivity contribution in [2.24, 2.45) is 0 Å². The van der Waals surface area contributed by atoms with Gasteiger partial charge in [0.2, 0.25) is 0 Å². The zero-order chi connectivity index (χ0) is 13.7. The lowest BCUT2D eigenvalue weighted by Gasteiger charge is -2.42. The first-order chi connectivity index (χ1) is 9.70. The van der Waals surface area contributed by atoms with Crippen molar-refractivity contribution >= 4 is 0 Å². The normalized spacial score (nSPS) is 25.8. The molecule has 0 saturated heterocycles. The zero-order valence-corrected chi connectivity index (χ0v) is 11.9. The van der Waals surface area contributed by atoms with Crippen LogP contribution in [0.1, 0.15) is 29.5 Å². The van der Waals surface area contributed by atoms with E-state index >= 15 is 0 Å². The highest BCUT2D eigenvalue weighted by Crippen LogP contribution is 2.53. The van der Waals surface area contributed by atoms with Gasteiger partial charge in [0.25, 0.3) is 0 Å². The van der Waals surface area contributed by atoms with E-state index < -0.39 is 0 Å². The van der Waals surface area contributed by atoms with E-state index in [0.717, 1.165) is 0 Å². The second kappa shape index (κ2) is 3.96. The molecule has 0 bridgehead atoms. The molecule has 0 amide bonds. The van der Waals surface area contributed by atoms with Gasteiger partial charge in [-0.25, -0.2) is 0 Å². The number of benzene rings is 2. The molecule has 2 aliphatic carbocycles. The fourth-order valence-electron chi connectivity index (χ4n) is 3.77. The summed E-state index contributed by atoms with van der Waals surface area (Å²) in [7, 11) is 0. The molecule has 0 aromatic heterocycles. The van der Waals surface area contributed by atoms with Gasteiger partial charge in [-0.15, -0.1) is 0 Å². The van der Waals surface area contributed by atoms with Gasteiger partial charge in [0.1, 0.15) is 0 Å². The van der Waals surface area contributed by atoms with E-state index in [2.05, 4.69) is 80.6 Å². The summed E-state index contributed by atoms with van der Waals surface area (Å²) in [5.41, 5.74) is 7.11. The lowest BCUT2D eigenvalue weighted by atomic mass is 9.60. The molecule has 20 heavy (non-hydrogen) atoms. The molecular weight excluding hydrogens is 240 g/mol. The van der Waals surface area contributed by atoms with Crippen molar-refractivity contribution in [1.82, 2.24) is 0 Å². The minimum absolute atomic E-state index is 0.0739. The third-order valence-electron chi connectivity index (χ3n) is 4.84. The monoisotopic (exact) mass is 258 g/mol. The molecule has 98 valence electrons. The molecule has 0 nitrogen and oxygen atoms in total. The van der Waals surface area contributed by atoms with E-state index in [-0.39, 0.29) is 5.41 Å². The number of aryl methyl sites for hydroxylation is 1.